The molecule has 10 heteroatoms. The Labute approximate surface area is 184 Å². The molecule has 8 nitrogen and oxygen atoms in total. The quantitative estimate of drug-likeness (QED) is 0.260. The number of aryl methyl sites for hydroxylation is 1. The van der Waals surface area contributed by atoms with Crippen molar-refractivity contribution in [3.05, 3.63) is 91.4 Å². The van der Waals surface area contributed by atoms with Crippen LogP contribution in [-0.4, -0.2) is 33.6 Å². The lowest BCUT2D eigenvalue weighted by molar-refractivity contribution is -0.385. The summed E-state index contributed by atoms with van der Waals surface area (Å²) in [7, 11) is 0. The summed E-state index contributed by atoms with van der Waals surface area (Å²) in [6, 6.07) is 9.47. The van der Waals surface area contributed by atoms with E-state index in [9.17, 15) is 28.9 Å². The number of anilines is 1. The summed E-state index contributed by atoms with van der Waals surface area (Å²) in [5.41, 5.74) is 0.0774. The smallest absolute Gasteiger partial charge is 0.282 e. The molecule has 160 valence electrons. The van der Waals surface area contributed by atoms with Crippen LogP contribution in [0.2, 0.25) is 0 Å². The lowest BCUT2D eigenvalue weighted by atomic mass is 9.90. The molecule has 0 bridgehead atoms. The summed E-state index contributed by atoms with van der Waals surface area (Å²) >= 11 is 1.33. The van der Waals surface area contributed by atoms with Crippen LogP contribution >= 0.6 is 11.3 Å². The van der Waals surface area contributed by atoms with Gasteiger partial charge in [-0.1, -0.05) is 18.2 Å². The van der Waals surface area contributed by atoms with Crippen LogP contribution in [0.15, 0.2) is 53.9 Å². The van der Waals surface area contributed by atoms with Gasteiger partial charge in [-0.15, -0.1) is 11.3 Å². The summed E-state index contributed by atoms with van der Waals surface area (Å²) in [5.74, 6) is -2.73. The number of hydrogen-bond donors (Lipinski definition) is 0. The lowest BCUT2D eigenvalue weighted by Gasteiger charge is -2.49. The zero-order chi connectivity index (χ0) is 22.7. The standard InChI is InChI=1S/C22H14FN3O5S/c1-11-7-8-12(23)10-15(11)24-18(16-6-3-9-32-16)19(22(24)29)25-20(27)13-4-2-5-14(26(30)31)17(13)21(25)28/h2-10,18-19H,1H3/t18-,19+/m0/s1. The van der Waals surface area contributed by atoms with Crippen molar-refractivity contribution in [1.82, 2.24) is 4.90 Å². The molecule has 0 spiro atoms. The average Bonchev–Trinajstić information content (AvgIpc) is 3.37. The third-order valence-electron chi connectivity index (χ3n) is 5.73. The van der Waals surface area contributed by atoms with Crippen LogP contribution in [-0.2, 0) is 4.79 Å². The largest absolute Gasteiger partial charge is 0.299 e. The third kappa shape index (κ3) is 2.69. The minimum absolute atomic E-state index is 0.109. The van der Waals surface area contributed by atoms with Crippen molar-refractivity contribution in [3.8, 4) is 0 Å². The number of nitrogens with zero attached hydrogens (tertiary/aromatic N) is 3. The highest BCUT2D eigenvalue weighted by Gasteiger charge is 2.58. The second kappa shape index (κ2) is 7.06. The number of benzene rings is 2. The van der Waals surface area contributed by atoms with Gasteiger partial charge in [0.2, 0.25) is 0 Å². The molecule has 0 unspecified atom stereocenters. The van der Waals surface area contributed by atoms with E-state index in [0.29, 0.717) is 16.1 Å². The fourth-order valence-electron chi connectivity index (χ4n) is 4.27. The van der Waals surface area contributed by atoms with Crippen molar-refractivity contribution in [3.63, 3.8) is 0 Å². The van der Waals surface area contributed by atoms with Gasteiger partial charge in [0.25, 0.3) is 23.4 Å². The van der Waals surface area contributed by atoms with Crippen molar-refractivity contribution in [1.29, 1.82) is 0 Å². The maximum Gasteiger partial charge on any atom is 0.282 e. The predicted octanol–water partition coefficient (Wildman–Crippen LogP) is 3.86. The van der Waals surface area contributed by atoms with Gasteiger partial charge in [0.05, 0.1) is 16.2 Å². The number of rotatable bonds is 4. The van der Waals surface area contributed by atoms with Gasteiger partial charge in [0.15, 0.2) is 0 Å². The minimum Gasteiger partial charge on any atom is -0.299 e. The fourth-order valence-corrected chi connectivity index (χ4v) is 5.11. The van der Waals surface area contributed by atoms with E-state index < -0.39 is 46.2 Å². The molecule has 2 atom stereocenters. The predicted molar refractivity (Wildman–Crippen MR) is 113 cm³/mol. The van der Waals surface area contributed by atoms with Crippen LogP contribution in [0.3, 0.4) is 0 Å². The number of thiophene rings is 1. The van der Waals surface area contributed by atoms with Gasteiger partial charge in [0.1, 0.15) is 23.5 Å². The molecule has 3 heterocycles. The normalized spacial score (nSPS) is 19.9. The number of imide groups is 1. The summed E-state index contributed by atoms with van der Waals surface area (Å²) in [5, 5.41) is 13.2. The number of halogens is 1. The molecule has 2 aliphatic heterocycles. The van der Waals surface area contributed by atoms with Crippen molar-refractivity contribution in [2.75, 3.05) is 4.90 Å². The first-order valence-electron chi connectivity index (χ1n) is 9.59. The van der Waals surface area contributed by atoms with Gasteiger partial charge in [-0.3, -0.25) is 34.3 Å². The zero-order valence-electron chi connectivity index (χ0n) is 16.5. The highest BCUT2D eigenvalue weighted by Crippen LogP contribution is 2.47. The van der Waals surface area contributed by atoms with Crippen molar-refractivity contribution < 1.29 is 23.7 Å². The van der Waals surface area contributed by atoms with E-state index in [0.717, 1.165) is 11.0 Å². The van der Waals surface area contributed by atoms with Crippen LogP contribution < -0.4 is 4.90 Å². The second-order valence-corrected chi connectivity index (χ2v) is 8.46. The van der Waals surface area contributed by atoms with E-state index in [1.54, 1.807) is 30.5 Å². The zero-order valence-corrected chi connectivity index (χ0v) is 17.3. The van der Waals surface area contributed by atoms with E-state index in [1.807, 2.05) is 0 Å². The number of amides is 3. The Bertz CT molecular complexity index is 1320. The lowest BCUT2D eigenvalue weighted by Crippen LogP contribution is -2.67. The summed E-state index contributed by atoms with van der Waals surface area (Å²) < 4.78 is 14.0. The molecule has 2 aromatic carbocycles. The average molecular weight is 451 g/mol. The number of fused-ring (bicyclic) bond motifs is 1. The Morgan fingerprint density at radius 1 is 1.00 bits per heavy atom. The Hall–Kier alpha value is -3.92. The molecule has 0 radical (unpaired) electrons. The van der Waals surface area contributed by atoms with Crippen LogP contribution in [0, 0.1) is 22.9 Å². The Morgan fingerprint density at radius 2 is 1.78 bits per heavy atom. The molecular weight excluding hydrogens is 437 g/mol. The molecule has 1 fully saturated rings. The van der Waals surface area contributed by atoms with Gasteiger partial charge in [-0.05, 0) is 42.1 Å². The van der Waals surface area contributed by atoms with Gasteiger partial charge in [-0.25, -0.2) is 4.39 Å². The van der Waals surface area contributed by atoms with E-state index in [-0.39, 0.29) is 11.1 Å². The Morgan fingerprint density at radius 3 is 2.47 bits per heavy atom. The van der Waals surface area contributed by atoms with E-state index in [2.05, 4.69) is 0 Å². The van der Waals surface area contributed by atoms with Crippen LogP contribution in [0.25, 0.3) is 0 Å². The number of nitro groups is 1. The summed E-state index contributed by atoms with van der Waals surface area (Å²) in [4.78, 5) is 53.1. The molecule has 1 saturated heterocycles. The molecule has 3 aromatic rings. The van der Waals surface area contributed by atoms with E-state index >= 15 is 0 Å². The SMILES string of the molecule is Cc1ccc(F)cc1N1C(=O)[C@H](N2C(=O)c3cccc([N+](=O)[O-])c3C2=O)[C@@H]1c1cccs1. The molecular formula is C22H14FN3O5S. The summed E-state index contributed by atoms with van der Waals surface area (Å²) in [6.45, 7) is 1.73. The van der Waals surface area contributed by atoms with Crippen molar-refractivity contribution >= 4 is 40.4 Å². The van der Waals surface area contributed by atoms with Gasteiger partial charge < -0.3 is 0 Å². The first-order chi connectivity index (χ1) is 15.3. The maximum absolute atomic E-state index is 14.0. The first kappa shape index (κ1) is 20.0. The molecule has 3 amide bonds. The number of β-lactam (4-membered cyclic amide) rings is 1. The number of carbonyl (C=O) groups excluding carboxylic acids is 3. The highest BCUT2D eigenvalue weighted by atomic mass is 32.1. The highest BCUT2D eigenvalue weighted by molar-refractivity contribution is 7.10. The summed E-state index contributed by atoms with van der Waals surface area (Å²) in [6.07, 6.45) is 0. The molecule has 2 aliphatic rings. The van der Waals surface area contributed by atoms with Gasteiger partial charge >= 0.3 is 0 Å². The molecule has 5 rings (SSSR count). The van der Waals surface area contributed by atoms with Crippen LogP contribution in [0.4, 0.5) is 15.8 Å². The van der Waals surface area contributed by atoms with Gasteiger partial charge in [-0.2, -0.15) is 0 Å². The molecule has 0 aliphatic carbocycles. The van der Waals surface area contributed by atoms with Crippen molar-refractivity contribution in [2.24, 2.45) is 0 Å². The van der Waals surface area contributed by atoms with Crippen LogP contribution in [0.1, 0.15) is 37.2 Å². The minimum atomic E-state index is -1.19. The molecule has 0 saturated carbocycles. The molecule has 0 N–H and O–H groups in total. The maximum atomic E-state index is 14.0. The van der Waals surface area contributed by atoms with Gasteiger partial charge in [0, 0.05) is 10.9 Å². The number of hydrogen-bond acceptors (Lipinski definition) is 6. The monoisotopic (exact) mass is 451 g/mol. The van der Waals surface area contributed by atoms with E-state index in [4.69, 9.17) is 0 Å². The Kier molecular flexibility index (Phi) is 4.41. The fraction of sp³-hybridized carbons (Fsp3) is 0.136. The molecule has 32 heavy (non-hydrogen) atoms. The Balaban J connectivity index is 1.61. The first-order valence-corrected chi connectivity index (χ1v) is 10.5. The number of carbonyl (C=O) groups is 3. The topological polar surface area (TPSA) is 101 Å². The third-order valence-corrected chi connectivity index (χ3v) is 6.68. The second-order valence-electron chi connectivity index (χ2n) is 7.48. The molecule has 1 aromatic heterocycles. The number of nitro benzene ring substituents is 1. The van der Waals surface area contributed by atoms with E-state index in [1.165, 1.54) is 40.5 Å². The van der Waals surface area contributed by atoms with Crippen LogP contribution in [0.5, 0.6) is 0 Å². The van der Waals surface area contributed by atoms with Crippen molar-refractivity contribution in [2.45, 2.75) is 19.0 Å².